The zero-order chi connectivity index (χ0) is 31.2. The van der Waals surface area contributed by atoms with E-state index in [1.54, 1.807) is 16.9 Å². The van der Waals surface area contributed by atoms with Crippen molar-refractivity contribution in [3.8, 4) is 0 Å². The van der Waals surface area contributed by atoms with Gasteiger partial charge in [0.1, 0.15) is 17.3 Å². The van der Waals surface area contributed by atoms with Gasteiger partial charge in [0.15, 0.2) is 0 Å². The number of hydrogen-bond acceptors (Lipinski definition) is 11. The maximum absolute atomic E-state index is 12.1. The predicted molar refractivity (Wildman–Crippen MR) is 155 cm³/mol. The summed E-state index contributed by atoms with van der Waals surface area (Å²) in [6.45, 7) is 18.7. The first-order valence-corrected chi connectivity index (χ1v) is 14.6. The number of epoxide rings is 1. The molecular weight excluding hydrogens is 536 g/mol. The molecule has 0 aromatic heterocycles. The summed E-state index contributed by atoms with van der Waals surface area (Å²) in [7, 11) is 1.68. The average molecular weight is 593 g/mol. The standard InChI is InChI=1S/C14H28N2O4.C10H20N2O3.C4H8O2/c1-5-12(18)9-15-6-7-16(11(8-15)10-17)13(19)20-14(2,3)4;1-10(2,3)15-9(14)12-5-4-11-6-8(12)7-13;1-5-2-4-3-6-4/h11-12,17-18H,5-10H2,1-4H3;8,11,13H,4-7H2,1-3H3;4H,2-3H2,1H3/t11-,12+;8-;4-/m001/s1. The van der Waals surface area contributed by atoms with E-state index in [-0.39, 0.29) is 43.6 Å². The van der Waals surface area contributed by atoms with Gasteiger partial charge in [-0.05, 0) is 48.0 Å². The number of aliphatic hydroxyl groups is 3. The van der Waals surface area contributed by atoms with Gasteiger partial charge in [0.25, 0.3) is 0 Å². The van der Waals surface area contributed by atoms with Crippen molar-refractivity contribution in [2.75, 3.05) is 79.4 Å². The third kappa shape index (κ3) is 15.9. The van der Waals surface area contributed by atoms with E-state index in [9.17, 15) is 19.8 Å². The van der Waals surface area contributed by atoms with Gasteiger partial charge in [0.05, 0.1) is 44.6 Å². The lowest BCUT2D eigenvalue weighted by Crippen LogP contribution is -2.58. The van der Waals surface area contributed by atoms with Crippen molar-refractivity contribution in [2.24, 2.45) is 0 Å². The number of ether oxygens (including phenoxy) is 4. The lowest BCUT2D eigenvalue weighted by atomic mass is 10.1. The number of aliphatic hydroxyl groups excluding tert-OH is 3. The number of nitrogens with zero attached hydrogens (tertiary/aromatic N) is 3. The summed E-state index contributed by atoms with van der Waals surface area (Å²) < 4.78 is 20.2. The van der Waals surface area contributed by atoms with Gasteiger partial charge in [-0.2, -0.15) is 0 Å². The molecule has 3 aliphatic rings. The molecule has 4 N–H and O–H groups in total. The molecule has 3 saturated heterocycles. The van der Waals surface area contributed by atoms with Crippen LogP contribution < -0.4 is 5.32 Å². The van der Waals surface area contributed by atoms with Crippen LogP contribution in [0.3, 0.4) is 0 Å². The number of carbonyl (C=O) groups excluding carboxylic acids is 2. The fraction of sp³-hybridized carbons (Fsp3) is 0.929. The molecule has 0 spiro atoms. The topological polar surface area (TPSA) is 157 Å². The number of rotatable bonds is 7. The Hall–Kier alpha value is -1.74. The minimum absolute atomic E-state index is 0.0355. The van der Waals surface area contributed by atoms with Gasteiger partial charge in [0, 0.05) is 52.9 Å². The summed E-state index contributed by atoms with van der Waals surface area (Å²) in [6.07, 6.45) is 0.0449. The average Bonchev–Trinajstić information content (AvgIpc) is 3.71. The van der Waals surface area contributed by atoms with Crippen molar-refractivity contribution in [1.82, 2.24) is 20.0 Å². The summed E-state index contributed by atoms with van der Waals surface area (Å²) in [5.74, 6) is 0. The Bertz CT molecular complexity index is 756. The molecule has 3 rings (SSSR count). The third-order valence-corrected chi connectivity index (χ3v) is 6.29. The first kappa shape index (κ1) is 37.3. The Morgan fingerprint density at radius 1 is 0.951 bits per heavy atom. The summed E-state index contributed by atoms with van der Waals surface area (Å²) in [4.78, 5) is 29.1. The summed E-state index contributed by atoms with van der Waals surface area (Å²) in [5, 5.41) is 31.4. The van der Waals surface area contributed by atoms with Crippen molar-refractivity contribution >= 4 is 12.2 Å². The first-order valence-electron chi connectivity index (χ1n) is 14.6. The second kappa shape index (κ2) is 18.0. The van der Waals surface area contributed by atoms with Gasteiger partial charge in [-0.3, -0.25) is 4.90 Å². The molecule has 0 aromatic rings. The Morgan fingerprint density at radius 2 is 1.49 bits per heavy atom. The van der Waals surface area contributed by atoms with Crippen LogP contribution in [0.25, 0.3) is 0 Å². The van der Waals surface area contributed by atoms with E-state index in [2.05, 4.69) is 10.2 Å². The molecule has 242 valence electrons. The molecule has 0 bridgehead atoms. The van der Waals surface area contributed by atoms with Crippen molar-refractivity contribution in [3.05, 3.63) is 0 Å². The largest absolute Gasteiger partial charge is 0.444 e. The molecule has 0 aliphatic carbocycles. The first-order chi connectivity index (χ1) is 19.1. The number of methoxy groups -OCH3 is 1. The molecule has 0 saturated carbocycles. The van der Waals surface area contributed by atoms with Crippen LogP contribution >= 0.6 is 0 Å². The van der Waals surface area contributed by atoms with Gasteiger partial charge in [-0.1, -0.05) is 6.92 Å². The molecule has 13 heteroatoms. The Balaban J connectivity index is 0.000000349. The highest BCUT2D eigenvalue weighted by Gasteiger charge is 2.33. The number of β-amino-alcohol motifs (C(OH)–C–C–N with tert-alkyl or cyclic N) is 1. The van der Waals surface area contributed by atoms with Crippen molar-refractivity contribution in [3.63, 3.8) is 0 Å². The zero-order valence-corrected chi connectivity index (χ0v) is 26.4. The van der Waals surface area contributed by atoms with Gasteiger partial charge >= 0.3 is 12.2 Å². The Labute approximate surface area is 246 Å². The van der Waals surface area contributed by atoms with Gasteiger partial charge < -0.3 is 49.4 Å². The van der Waals surface area contributed by atoms with Gasteiger partial charge in [-0.25, -0.2) is 9.59 Å². The molecule has 3 heterocycles. The highest BCUT2D eigenvalue weighted by molar-refractivity contribution is 5.69. The zero-order valence-electron chi connectivity index (χ0n) is 26.4. The second-order valence-electron chi connectivity index (χ2n) is 12.5. The van der Waals surface area contributed by atoms with E-state index < -0.39 is 11.2 Å². The van der Waals surface area contributed by atoms with Crippen molar-refractivity contribution in [1.29, 1.82) is 0 Å². The molecular formula is C28H56N4O9. The van der Waals surface area contributed by atoms with Crippen LogP contribution in [0.2, 0.25) is 0 Å². The number of amides is 2. The molecule has 2 amide bonds. The maximum atomic E-state index is 12.1. The van der Waals surface area contributed by atoms with Crippen LogP contribution in [0, 0.1) is 0 Å². The molecule has 3 aliphatic heterocycles. The highest BCUT2D eigenvalue weighted by atomic mass is 16.6. The Morgan fingerprint density at radius 3 is 1.90 bits per heavy atom. The molecule has 0 aromatic carbocycles. The number of piperazine rings is 2. The fourth-order valence-electron chi connectivity index (χ4n) is 4.06. The molecule has 4 atom stereocenters. The molecule has 41 heavy (non-hydrogen) atoms. The quantitative estimate of drug-likeness (QED) is 0.311. The number of carbonyl (C=O) groups is 2. The van der Waals surface area contributed by atoms with Crippen molar-refractivity contribution in [2.45, 2.75) is 90.4 Å². The Kier molecular flexibility index (Phi) is 16.4. The minimum atomic E-state index is -0.535. The highest BCUT2D eigenvalue weighted by Crippen LogP contribution is 2.16. The van der Waals surface area contributed by atoms with Crippen molar-refractivity contribution < 1.29 is 43.9 Å². The van der Waals surface area contributed by atoms with E-state index in [0.29, 0.717) is 51.8 Å². The summed E-state index contributed by atoms with van der Waals surface area (Å²) in [5.41, 5.74) is -1.02. The van der Waals surface area contributed by atoms with E-state index in [4.69, 9.17) is 24.1 Å². The molecule has 3 fully saturated rings. The smallest absolute Gasteiger partial charge is 0.410 e. The van der Waals surface area contributed by atoms with Crippen LogP contribution in [-0.4, -0.2) is 157 Å². The predicted octanol–water partition coefficient (Wildman–Crippen LogP) is 0.890. The summed E-state index contributed by atoms with van der Waals surface area (Å²) in [6, 6.07) is -0.448. The maximum Gasteiger partial charge on any atom is 0.410 e. The van der Waals surface area contributed by atoms with E-state index in [0.717, 1.165) is 19.8 Å². The second-order valence-corrected chi connectivity index (χ2v) is 12.5. The fourth-order valence-corrected chi connectivity index (χ4v) is 4.06. The molecule has 0 unspecified atom stereocenters. The number of nitrogens with one attached hydrogen (secondary N) is 1. The lowest BCUT2D eigenvalue weighted by molar-refractivity contribution is -0.0177. The number of hydrogen-bond donors (Lipinski definition) is 4. The van der Waals surface area contributed by atoms with Gasteiger partial charge in [-0.15, -0.1) is 0 Å². The van der Waals surface area contributed by atoms with Crippen LogP contribution in [0.15, 0.2) is 0 Å². The third-order valence-electron chi connectivity index (χ3n) is 6.29. The van der Waals surface area contributed by atoms with Crippen LogP contribution in [-0.2, 0) is 18.9 Å². The van der Waals surface area contributed by atoms with Gasteiger partial charge in [0.2, 0.25) is 0 Å². The van der Waals surface area contributed by atoms with Crippen LogP contribution in [0.4, 0.5) is 9.59 Å². The minimum Gasteiger partial charge on any atom is -0.444 e. The van der Waals surface area contributed by atoms with E-state index in [1.165, 1.54) is 0 Å². The summed E-state index contributed by atoms with van der Waals surface area (Å²) >= 11 is 0. The molecule has 13 nitrogen and oxygen atoms in total. The van der Waals surface area contributed by atoms with Crippen LogP contribution in [0.1, 0.15) is 54.9 Å². The lowest BCUT2D eigenvalue weighted by Gasteiger charge is -2.41. The van der Waals surface area contributed by atoms with E-state index >= 15 is 0 Å². The monoisotopic (exact) mass is 592 g/mol. The SMILES string of the molecule is CC(C)(C)OC(=O)N1CCNC[C@H]1CO.CC[C@@H](O)CN1CCN(C(=O)OC(C)(C)C)[C@H](CO)C1.COC[C@@H]1CO1. The van der Waals surface area contributed by atoms with E-state index in [1.807, 2.05) is 48.5 Å². The normalized spacial score (nSPS) is 23.8. The van der Waals surface area contributed by atoms with Crippen LogP contribution in [0.5, 0.6) is 0 Å². The molecule has 0 radical (unpaired) electrons.